The molecule has 0 saturated carbocycles. The second-order valence-corrected chi connectivity index (χ2v) is 6.74. The number of furan rings is 1. The number of nitrogens with zero attached hydrogens (tertiary/aromatic N) is 1. The summed E-state index contributed by atoms with van der Waals surface area (Å²) >= 11 is 0. The lowest BCUT2D eigenvalue weighted by atomic mass is 9.95. The van der Waals surface area contributed by atoms with Gasteiger partial charge in [0.1, 0.15) is 5.76 Å². The summed E-state index contributed by atoms with van der Waals surface area (Å²) in [6.07, 6.45) is 9.85. The number of rotatable bonds is 2. The van der Waals surface area contributed by atoms with Crippen molar-refractivity contribution in [3.05, 3.63) is 24.2 Å². The van der Waals surface area contributed by atoms with Crippen LogP contribution >= 0.6 is 0 Å². The molecule has 2 amide bonds. The van der Waals surface area contributed by atoms with Gasteiger partial charge in [0.15, 0.2) is 0 Å². The number of urea groups is 1. The van der Waals surface area contributed by atoms with E-state index in [0.717, 1.165) is 50.8 Å². The van der Waals surface area contributed by atoms with Crippen LogP contribution in [0.5, 0.6) is 0 Å². The van der Waals surface area contributed by atoms with E-state index in [1.54, 1.807) is 6.26 Å². The van der Waals surface area contributed by atoms with Crippen LogP contribution in [0.3, 0.4) is 0 Å². The Morgan fingerprint density at radius 2 is 2.18 bits per heavy atom. The van der Waals surface area contributed by atoms with Crippen LogP contribution in [0, 0.1) is 0 Å². The van der Waals surface area contributed by atoms with Gasteiger partial charge in [-0.1, -0.05) is 12.8 Å². The second kappa shape index (κ2) is 5.95. The summed E-state index contributed by atoms with van der Waals surface area (Å²) in [5.74, 6) is 0.904. The SMILES string of the molecule is O=C(N[C@@H]1C[C@H]2CC[C@H]1O2)N1CCCCC[C@H]1c1ccco1. The summed E-state index contributed by atoms with van der Waals surface area (Å²) in [4.78, 5) is 14.8. The normalized spacial score (nSPS) is 34.6. The summed E-state index contributed by atoms with van der Waals surface area (Å²) in [5.41, 5.74) is 0. The molecular weight excluding hydrogens is 280 g/mol. The molecule has 1 aromatic rings. The number of nitrogens with one attached hydrogen (secondary N) is 1. The Hall–Kier alpha value is -1.49. The number of hydrogen-bond acceptors (Lipinski definition) is 3. The number of carbonyl (C=O) groups is 1. The van der Waals surface area contributed by atoms with Crippen LogP contribution in [0.4, 0.5) is 4.79 Å². The van der Waals surface area contributed by atoms with Crippen LogP contribution in [0.15, 0.2) is 22.8 Å². The van der Waals surface area contributed by atoms with Gasteiger partial charge in [0.25, 0.3) is 0 Å². The average molecular weight is 304 g/mol. The van der Waals surface area contributed by atoms with Gasteiger partial charge in [-0.15, -0.1) is 0 Å². The summed E-state index contributed by atoms with van der Waals surface area (Å²) in [7, 11) is 0. The van der Waals surface area contributed by atoms with Crippen LogP contribution in [-0.2, 0) is 4.74 Å². The van der Waals surface area contributed by atoms with Crippen molar-refractivity contribution in [2.45, 2.75) is 69.2 Å². The van der Waals surface area contributed by atoms with Crippen molar-refractivity contribution in [1.29, 1.82) is 0 Å². The van der Waals surface area contributed by atoms with Crippen molar-refractivity contribution >= 4 is 6.03 Å². The summed E-state index contributed by atoms with van der Waals surface area (Å²) < 4.78 is 11.4. The molecule has 5 heteroatoms. The molecule has 4 rings (SSSR count). The Labute approximate surface area is 131 Å². The fourth-order valence-electron chi connectivity index (χ4n) is 4.16. The third kappa shape index (κ3) is 2.62. The maximum absolute atomic E-state index is 12.8. The third-order valence-corrected chi connectivity index (χ3v) is 5.30. The zero-order valence-electron chi connectivity index (χ0n) is 12.9. The van der Waals surface area contributed by atoms with E-state index in [9.17, 15) is 4.79 Å². The maximum atomic E-state index is 12.8. The van der Waals surface area contributed by atoms with Crippen molar-refractivity contribution in [3.63, 3.8) is 0 Å². The van der Waals surface area contributed by atoms with Crippen molar-refractivity contribution in [2.75, 3.05) is 6.54 Å². The standard InChI is InChI=1S/C17H24N2O3/c20-17(18-13-11-12-7-8-15(13)22-12)19-9-3-1-2-5-14(19)16-6-4-10-21-16/h4,6,10,12-15H,1-3,5,7-9,11H2,(H,18,20)/t12-,13-,14+,15-/m1/s1. The molecular formula is C17H24N2O3. The van der Waals surface area contributed by atoms with Gasteiger partial charge < -0.3 is 19.4 Å². The fraction of sp³-hybridized carbons (Fsp3) is 0.706. The van der Waals surface area contributed by atoms with E-state index < -0.39 is 0 Å². The molecule has 0 spiro atoms. The van der Waals surface area contributed by atoms with Gasteiger partial charge in [-0.2, -0.15) is 0 Å². The summed E-state index contributed by atoms with van der Waals surface area (Å²) in [5, 5.41) is 3.22. The molecule has 4 atom stereocenters. The number of carbonyl (C=O) groups excluding carboxylic acids is 1. The smallest absolute Gasteiger partial charge is 0.318 e. The minimum absolute atomic E-state index is 0.0458. The van der Waals surface area contributed by atoms with E-state index in [1.807, 2.05) is 17.0 Å². The van der Waals surface area contributed by atoms with E-state index in [4.69, 9.17) is 9.15 Å². The predicted molar refractivity (Wildman–Crippen MR) is 81.5 cm³/mol. The Morgan fingerprint density at radius 1 is 1.23 bits per heavy atom. The van der Waals surface area contributed by atoms with Crippen LogP contribution in [0.2, 0.25) is 0 Å². The largest absolute Gasteiger partial charge is 0.467 e. The highest BCUT2D eigenvalue weighted by Gasteiger charge is 2.42. The number of likely N-dealkylation sites (tertiary alicyclic amines) is 1. The lowest BCUT2D eigenvalue weighted by molar-refractivity contribution is 0.0959. The molecule has 4 heterocycles. The van der Waals surface area contributed by atoms with Crippen LogP contribution in [-0.4, -0.2) is 35.7 Å². The van der Waals surface area contributed by atoms with Crippen molar-refractivity contribution in [2.24, 2.45) is 0 Å². The molecule has 2 bridgehead atoms. The van der Waals surface area contributed by atoms with E-state index in [0.29, 0.717) is 6.10 Å². The zero-order valence-corrected chi connectivity index (χ0v) is 12.9. The number of amides is 2. The Morgan fingerprint density at radius 3 is 2.91 bits per heavy atom. The van der Waals surface area contributed by atoms with Crippen LogP contribution < -0.4 is 5.32 Å². The van der Waals surface area contributed by atoms with Gasteiger partial charge in [0.05, 0.1) is 30.6 Å². The minimum atomic E-state index is 0.0458. The molecule has 0 radical (unpaired) electrons. The van der Waals surface area contributed by atoms with Crippen molar-refractivity contribution < 1.29 is 13.9 Å². The Kier molecular flexibility index (Phi) is 3.82. The van der Waals surface area contributed by atoms with Crippen molar-refractivity contribution in [3.8, 4) is 0 Å². The molecule has 3 fully saturated rings. The summed E-state index contributed by atoms with van der Waals surface area (Å²) in [6, 6.07) is 4.19. The first-order chi connectivity index (χ1) is 10.8. The molecule has 0 aliphatic carbocycles. The van der Waals surface area contributed by atoms with Gasteiger partial charge in [-0.25, -0.2) is 4.79 Å². The van der Waals surface area contributed by atoms with Gasteiger partial charge in [-0.3, -0.25) is 0 Å². The first-order valence-electron chi connectivity index (χ1n) is 8.57. The third-order valence-electron chi connectivity index (χ3n) is 5.30. The van der Waals surface area contributed by atoms with Crippen LogP contribution in [0.25, 0.3) is 0 Å². The number of hydrogen-bond donors (Lipinski definition) is 1. The molecule has 5 nitrogen and oxygen atoms in total. The zero-order chi connectivity index (χ0) is 14.9. The summed E-state index contributed by atoms with van der Waals surface area (Å²) in [6.45, 7) is 0.804. The highest BCUT2D eigenvalue weighted by Crippen LogP contribution is 2.35. The Balaban J connectivity index is 1.46. The quantitative estimate of drug-likeness (QED) is 0.912. The monoisotopic (exact) mass is 304 g/mol. The van der Waals surface area contributed by atoms with E-state index >= 15 is 0 Å². The number of fused-ring (bicyclic) bond motifs is 2. The first kappa shape index (κ1) is 14.1. The molecule has 3 aliphatic heterocycles. The molecule has 0 aromatic carbocycles. The average Bonchev–Trinajstić information content (AvgIpc) is 3.23. The van der Waals surface area contributed by atoms with Gasteiger partial charge in [-0.05, 0) is 44.2 Å². The molecule has 0 unspecified atom stereocenters. The molecule has 3 saturated heterocycles. The van der Waals surface area contributed by atoms with E-state index in [1.165, 1.54) is 6.42 Å². The molecule has 22 heavy (non-hydrogen) atoms. The van der Waals surface area contributed by atoms with Crippen LogP contribution in [0.1, 0.15) is 56.7 Å². The van der Waals surface area contributed by atoms with Gasteiger partial charge in [0, 0.05) is 6.54 Å². The molecule has 1 aromatic heterocycles. The fourth-order valence-corrected chi connectivity index (χ4v) is 4.16. The second-order valence-electron chi connectivity index (χ2n) is 6.74. The Bertz CT molecular complexity index is 516. The topological polar surface area (TPSA) is 54.7 Å². The highest BCUT2D eigenvalue weighted by atomic mass is 16.5. The first-order valence-corrected chi connectivity index (χ1v) is 8.57. The van der Waals surface area contributed by atoms with E-state index in [2.05, 4.69) is 5.32 Å². The van der Waals surface area contributed by atoms with Gasteiger partial charge in [0.2, 0.25) is 0 Å². The lowest BCUT2D eigenvalue weighted by Crippen LogP contribution is -2.49. The van der Waals surface area contributed by atoms with E-state index in [-0.39, 0.29) is 24.2 Å². The molecule has 1 N–H and O–H groups in total. The predicted octanol–water partition coefficient (Wildman–Crippen LogP) is 3.23. The van der Waals surface area contributed by atoms with Crippen molar-refractivity contribution in [1.82, 2.24) is 10.2 Å². The lowest BCUT2D eigenvalue weighted by Gasteiger charge is -2.31. The number of ether oxygens (including phenoxy) is 1. The maximum Gasteiger partial charge on any atom is 0.318 e. The van der Waals surface area contributed by atoms with Gasteiger partial charge >= 0.3 is 6.03 Å². The highest BCUT2D eigenvalue weighted by molar-refractivity contribution is 5.75. The molecule has 3 aliphatic rings. The molecule has 120 valence electrons. The minimum Gasteiger partial charge on any atom is -0.467 e.